The Bertz CT molecular complexity index is 119. The third-order valence-corrected chi connectivity index (χ3v) is 3.26. The Morgan fingerprint density at radius 2 is 2.33 bits per heavy atom. The molecule has 2 atom stereocenters. The predicted octanol–water partition coefficient (Wildman–Crippen LogP) is 1.67. The molecule has 0 amide bonds. The summed E-state index contributed by atoms with van der Waals surface area (Å²) in [6, 6.07) is 0. The molecule has 1 fully saturated rings. The van der Waals surface area contributed by atoms with E-state index in [1.165, 1.54) is 12.8 Å². The zero-order chi connectivity index (χ0) is 8.81. The highest BCUT2D eigenvalue weighted by atomic mass is 32.2. The number of aliphatic hydroxyl groups is 1. The molecule has 72 valence electrons. The minimum Gasteiger partial charge on any atom is -0.396 e. The maximum Gasteiger partial charge on any atom is 0.0670 e. The van der Waals surface area contributed by atoms with Crippen LogP contribution in [0.3, 0.4) is 0 Å². The van der Waals surface area contributed by atoms with E-state index in [1.54, 1.807) is 0 Å². The Morgan fingerprint density at radius 3 is 2.92 bits per heavy atom. The van der Waals surface area contributed by atoms with Gasteiger partial charge in [-0.25, -0.2) is 0 Å². The van der Waals surface area contributed by atoms with Gasteiger partial charge in [-0.1, -0.05) is 0 Å². The van der Waals surface area contributed by atoms with Gasteiger partial charge in [0.15, 0.2) is 0 Å². The van der Waals surface area contributed by atoms with Crippen LogP contribution in [-0.2, 0) is 4.74 Å². The van der Waals surface area contributed by atoms with Crippen molar-refractivity contribution in [1.29, 1.82) is 0 Å². The third kappa shape index (κ3) is 3.78. The number of aliphatic hydroxyl groups excluding tert-OH is 1. The van der Waals surface area contributed by atoms with E-state index >= 15 is 0 Å². The van der Waals surface area contributed by atoms with Crippen molar-refractivity contribution in [1.82, 2.24) is 0 Å². The molecule has 0 bridgehead atoms. The van der Waals surface area contributed by atoms with E-state index in [4.69, 9.17) is 9.84 Å². The van der Waals surface area contributed by atoms with Crippen molar-refractivity contribution in [2.75, 3.05) is 18.1 Å². The number of hydrogen-bond donors (Lipinski definition) is 1. The molecule has 1 rings (SSSR count). The second kappa shape index (κ2) is 5.84. The van der Waals surface area contributed by atoms with Crippen molar-refractivity contribution in [3.8, 4) is 0 Å². The summed E-state index contributed by atoms with van der Waals surface area (Å²) in [5, 5.41) is 8.56. The quantitative estimate of drug-likeness (QED) is 0.669. The number of rotatable bonds is 5. The van der Waals surface area contributed by atoms with E-state index in [1.807, 2.05) is 11.8 Å². The van der Waals surface area contributed by atoms with Crippen LogP contribution >= 0.6 is 11.8 Å². The Labute approximate surface area is 78.7 Å². The first kappa shape index (κ1) is 10.4. The Kier molecular flexibility index (Phi) is 5.04. The largest absolute Gasteiger partial charge is 0.396 e. The van der Waals surface area contributed by atoms with Crippen LogP contribution in [0.2, 0.25) is 0 Å². The molecule has 12 heavy (non-hydrogen) atoms. The maximum atomic E-state index is 8.56. The van der Waals surface area contributed by atoms with Gasteiger partial charge in [0.1, 0.15) is 0 Å². The molecule has 1 N–H and O–H groups in total. The number of hydrogen-bond acceptors (Lipinski definition) is 3. The summed E-state index contributed by atoms with van der Waals surface area (Å²) in [6.45, 7) is 2.45. The van der Waals surface area contributed by atoms with Crippen LogP contribution in [0.1, 0.15) is 26.2 Å². The Hall–Kier alpha value is 0.270. The van der Waals surface area contributed by atoms with Gasteiger partial charge in [0, 0.05) is 12.4 Å². The summed E-state index contributed by atoms with van der Waals surface area (Å²) in [4.78, 5) is 0. The summed E-state index contributed by atoms with van der Waals surface area (Å²) >= 11 is 1.89. The van der Waals surface area contributed by atoms with E-state index in [0.717, 1.165) is 17.9 Å². The standard InChI is InChI=1S/C9H18O2S/c1-8-3-4-9(11-8)7-12-6-2-5-10/h8-10H,2-7H2,1H3. The molecule has 0 radical (unpaired) electrons. The third-order valence-electron chi connectivity index (χ3n) is 2.07. The molecule has 1 aliphatic rings. The van der Waals surface area contributed by atoms with Crippen molar-refractivity contribution in [2.24, 2.45) is 0 Å². The molecule has 1 heterocycles. The minimum absolute atomic E-state index is 0.314. The van der Waals surface area contributed by atoms with E-state index < -0.39 is 0 Å². The highest BCUT2D eigenvalue weighted by Gasteiger charge is 2.20. The van der Waals surface area contributed by atoms with Crippen LogP contribution in [-0.4, -0.2) is 35.4 Å². The fraction of sp³-hybridized carbons (Fsp3) is 1.00. The van der Waals surface area contributed by atoms with Crippen LogP contribution in [0.15, 0.2) is 0 Å². The second-order valence-electron chi connectivity index (χ2n) is 3.30. The summed E-state index contributed by atoms with van der Waals surface area (Å²) < 4.78 is 5.66. The van der Waals surface area contributed by atoms with Crippen LogP contribution in [0, 0.1) is 0 Å². The molecule has 1 aliphatic heterocycles. The zero-order valence-electron chi connectivity index (χ0n) is 7.66. The first-order valence-corrected chi connectivity index (χ1v) is 5.82. The molecule has 0 aliphatic carbocycles. The lowest BCUT2D eigenvalue weighted by molar-refractivity contribution is 0.0700. The van der Waals surface area contributed by atoms with E-state index in [2.05, 4.69) is 6.92 Å². The van der Waals surface area contributed by atoms with Gasteiger partial charge < -0.3 is 9.84 Å². The second-order valence-corrected chi connectivity index (χ2v) is 4.45. The normalized spacial score (nSPS) is 29.5. The highest BCUT2D eigenvalue weighted by Crippen LogP contribution is 2.22. The Morgan fingerprint density at radius 1 is 1.50 bits per heavy atom. The van der Waals surface area contributed by atoms with Gasteiger partial charge in [0.05, 0.1) is 12.2 Å². The minimum atomic E-state index is 0.314. The molecule has 2 unspecified atom stereocenters. The topological polar surface area (TPSA) is 29.5 Å². The first-order valence-electron chi connectivity index (χ1n) is 4.67. The van der Waals surface area contributed by atoms with E-state index in [9.17, 15) is 0 Å². The van der Waals surface area contributed by atoms with Crippen LogP contribution in [0.5, 0.6) is 0 Å². The summed E-state index contributed by atoms with van der Waals surface area (Å²) in [6.07, 6.45) is 4.28. The molecule has 0 aromatic rings. The molecule has 0 aromatic carbocycles. The molecule has 0 saturated carbocycles. The lowest BCUT2D eigenvalue weighted by Crippen LogP contribution is -2.11. The van der Waals surface area contributed by atoms with Gasteiger partial charge in [-0.05, 0) is 31.9 Å². The maximum absolute atomic E-state index is 8.56. The SMILES string of the molecule is CC1CCC(CSCCCO)O1. The van der Waals surface area contributed by atoms with Crippen molar-refractivity contribution in [2.45, 2.75) is 38.4 Å². The molecule has 1 saturated heterocycles. The van der Waals surface area contributed by atoms with Crippen LogP contribution in [0.25, 0.3) is 0 Å². The van der Waals surface area contributed by atoms with Gasteiger partial charge in [-0.3, -0.25) is 0 Å². The highest BCUT2D eigenvalue weighted by molar-refractivity contribution is 7.99. The number of ether oxygens (including phenoxy) is 1. The van der Waals surface area contributed by atoms with Gasteiger partial charge in [0.25, 0.3) is 0 Å². The van der Waals surface area contributed by atoms with Crippen molar-refractivity contribution < 1.29 is 9.84 Å². The van der Waals surface area contributed by atoms with Gasteiger partial charge in [0.2, 0.25) is 0 Å². The van der Waals surface area contributed by atoms with Gasteiger partial charge in [-0.15, -0.1) is 0 Å². The lowest BCUT2D eigenvalue weighted by atomic mass is 10.2. The predicted molar refractivity (Wildman–Crippen MR) is 52.6 cm³/mol. The molecule has 3 heteroatoms. The summed E-state index contributed by atoms with van der Waals surface area (Å²) in [5.74, 6) is 2.16. The Balaban J connectivity index is 1.93. The fourth-order valence-corrected chi connectivity index (χ4v) is 2.40. The van der Waals surface area contributed by atoms with Gasteiger partial charge >= 0.3 is 0 Å². The smallest absolute Gasteiger partial charge is 0.0670 e. The van der Waals surface area contributed by atoms with Crippen LogP contribution < -0.4 is 0 Å². The average molecular weight is 190 g/mol. The van der Waals surface area contributed by atoms with Crippen molar-refractivity contribution in [3.63, 3.8) is 0 Å². The summed E-state index contributed by atoms with van der Waals surface area (Å²) in [7, 11) is 0. The molecular weight excluding hydrogens is 172 g/mol. The molecule has 2 nitrogen and oxygen atoms in total. The van der Waals surface area contributed by atoms with Crippen molar-refractivity contribution in [3.05, 3.63) is 0 Å². The van der Waals surface area contributed by atoms with Crippen molar-refractivity contribution >= 4 is 11.8 Å². The molecule has 0 aromatic heterocycles. The van der Waals surface area contributed by atoms with E-state index in [0.29, 0.717) is 18.8 Å². The first-order chi connectivity index (χ1) is 5.83. The van der Waals surface area contributed by atoms with Gasteiger partial charge in [-0.2, -0.15) is 11.8 Å². The van der Waals surface area contributed by atoms with E-state index in [-0.39, 0.29) is 0 Å². The molecular formula is C9H18O2S. The lowest BCUT2D eigenvalue weighted by Gasteiger charge is -2.09. The average Bonchev–Trinajstić information content (AvgIpc) is 2.45. The monoisotopic (exact) mass is 190 g/mol. The molecule has 0 spiro atoms. The zero-order valence-corrected chi connectivity index (χ0v) is 8.48. The number of thioether (sulfide) groups is 1. The fourth-order valence-electron chi connectivity index (χ4n) is 1.39. The van der Waals surface area contributed by atoms with Crippen LogP contribution in [0.4, 0.5) is 0 Å². The summed E-state index contributed by atoms with van der Waals surface area (Å²) in [5.41, 5.74) is 0.